The zero-order valence-electron chi connectivity index (χ0n) is 17.0. The maximum atomic E-state index is 9.50. The highest BCUT2D eigenvalue weighted by Crippen LogP contribution is 2.33. The third-order valence-corrected chi connectivity index (χ3v) is 4.17. The van der Waals surface area contributed by atoms with Crippen LogP contribution in [0.4, 0.5) is 17.6 Å². The van der Waals surface area contributed by atoms with Gasteiger partial charge in [-0.3, -0.25) is 0 Å². The van der Waals surface area contributed by atoms with Crippen LogP contribution >= 0.6 is 0 Å². The van der Waals surface area contributed by atoms with E-state index < -0.39 is 6.10 Å². The van der Waals surface area contributed by atoms with Crippen LogP contribution in [0.1, 0.15) is 32.3 Å². The average Bonchev–Trinajstić information content (AvgIpc) is 2.71. The number of ether oxygens (including phenoxy) is 1. The van der Waals surface area contributed by atoms with E-state index in [1.165, 1.54) is 6.20 Å². The summed E-state index contributed by atoms with van der Waals surface area (Å²) in [6.45, 7) is 6.33. The molecule has 0 amide bonds. The van der Waals surface area contributed by atoms with E-state index in [0.29, 0.717) is 29.8 Å². The summed E-state index contributed by atoms with van der Waals surface area (Å²) in [6, 6.07) is 1.70. The highest BCUT2D eigenvalue weighted by atomic mass is 16.5. The van der Waals surface area contributed by atoms with Gasteiger partial charge in [0, 0.05) is 37.5 Å². The van der Waals surface area contributed by atoms with Crippen molar-refractivity contribution in [3.05, 3.63) is 24.0 Å². The second-order valence-corrected chi connectivity index (χ2v) is 7.19. The molecular weight excluding hydrogens is 376 g/mol. The lowest BCUT2D eigenvalue weighted by atomic mass is 10.0. The number of nitrogens with one attached hydrogen (secondary N) is 2. The summed E-state index contributed by atoms with van der Waals surface area (Å²) in [5.41, 5.74) is 6.90. The summed E-state index contributed by atoms with van der Waals surface area (Å²) in [5.74, 6) is 2.09. The fourth-order valence-corrected chi connectivity index (χ4v) is 2.35. The zero-order chi connectivity index (χ0) is 21.4. The molecule has 0 saturated heterocycles. The molecule has 2 heterocycles. The molecular formula is C19H30N6O4. The van der Waals surface area contributed by atoms with Gasteiger partial charge in [-0.15, -0.1) is 0 Å². The Hall–Kier alpha value is -2.69. The predicted molar refractivity (Wildman–Crippen MR) is 111 cm³/mol. The molecule has 0 radical (unpaired) electrons. The summed E-state index contributed by atoms with van der Waals surface area (Å²) >= 11 is 0. The van der Waals surface area contributed by atoms with Crippen LogP contribution in [0.3, 0.4) is 0 Å². The first-order valence-electron chi connectivity index (χ1n) is 9.51. The van der Waals surface area contributed by atoms with Crippen molar-refractivity contribution in [2.45, 2.75) is 32.8 Å². The van der Waals surface area contributed by atoms with Crippen LogP contribution in [0.5, 0.6) is 11.5 Å². The summed E-state index contributed by atoms with van der Waals surface area (Å²) < 4.78 is 5.97. The van der Waals surface area contributed by atoms with E-state index in [1.54, 1.807) is 12.3 Å². The van der Waals surface area contributed by atoms with E-state index >= 15 is 0 Å². The number of pyridine rings is 1. The lowest BCUT2D eigenvalue weighted by molar-refractivity contribution is 0.105. The Labute approximate surface area is 170 Å². The molecule has 7 N–H and O–H groups in total. The van der Waals surface area contributed by atoms with Gasteiger partial charge in [-0.1, -0.05) is 20.8 Å². The second kappa shape index (κ2) is 10.7. The highest BCUT2D eigenvalue weighted by molar-refractivity contribution is 5.53. The third-order valence-electron chi connectivity index (χ3n) is 4.17. The van der Waals surface area contributed by atoms with Crippen LogP contribution in [0, 0.1) is 5.92 Å². The van der Waals surface area contributed by atoms with Gasteiger partial charge in [0.2, 0.25) is 5.95 Å². The minimum absolute atomic E-state index is 0.0649. The summed E-state index contributed by atoms with van der Waals surface area (Å²) in [5, 5.41) is 33.5. The normalized spacial score (nSPS) is 13.2. The average molecular weight is 406 g/mol. The molecule has 0 spiro atoms. The van der Waals surface area contributed by atoms with E-state index in [4.69, 9.17) is 20.7 Å². The molecule has 10 heteroatoms. The van der Waals surface area contributed by atoms with Crippen molar-refractivity contribution >= 4 is 17.6 Å². The summed E-state index contributed by atoms with van der Waals surface area (Å²) in [6.07, 6.45) is 2.29. The first-order valence-corrected chi connectivity index (χ1v) is 9.51. The topological polar surface area (TPSA) is 159 Å². The van der Waals surface area contributed by atoms with Crippen molar-refractivity contribution in [1.82, 2.24) is 15.0 Å². The fourth-order valence-electron chi connectivity index (χ4n) is 2.35. The van der Waals surface area contributed by atoms with E-state index in [2.05, 4.69) is 25.6 Å². The van der Waals surface area contributed by atoms with E-state index in [1.807, 2.05) is 20.8 Å². The molecule has 0 aromatic carbocycles. The Kier molecular flexibility index (Phi) is 8.37. The van der Waals surface area contributed by atoms with Crippen LogP contribution < -0.4 is 21.1 Å². The second-order valence-electron chi connectivity index (χ2n) is 7.19. The number of hydrogen-bond acceptors (Lipinski definition) is 10. The van der Waals surface area contributed by atoms with Crippen LogP contribution in [-0.4, -0.2) is 62.7 Å². The Morgan fingerprint density at radius 3 is 2.41 bits per heavy atom. The van der Waals surface area contributed by atoms with Gasteiger partial charge < -0.3 is 36.4 Å². The van der Waals surface area contributed by atoms with Crippen molar-refractivity contribution in [2.24, 2.45) is 5.92 Å². The largest absolute Gasteiger partial charge is 0.451 e. The number of aromatic nitrogens is 3. The van der Waals surface area contributed by atoms with Gasteiger partial charge in [-0.2, -0.15) is 4.98 Å². The van der Waals surface area contributed by atoms with Crippen LogP contribution in [0.15, 0.2) is 18.5 Å². The first-order chi connectivity index (χ1) is 13.8. The molecule has 2 aromatic heterocycles. The molecule has 0 aliphatic rings. The molecule has 2 aromatic rings. The lowest BCUT2D eigenvalue weighted by Gasteiger charge is -2.17. The minimum atomic E-state index is -0.886. The van der Waals surface area contributed by atoms with Gasteiger partial charge in [-0.05, 0) is 11.8 Å². The maximum Gasteiger partial charge on any atom is 0.224 e. The Balaban J connectivity index is 2.18. The van der Waals surface area contributed by atoms with Gasteiger partial charge in [0.25, 0.3) is 0 Å². The van der Waals surface area contributed by atoms with Crippen molar-refractivity contribution in [3.8, 4) is 11.5 Å². The molecule has 0 aliphatic heterocycles. The van der Waals surface area contributed by atoms with Crippen LogP contribution in [0.25, 0.3) is 0 Å². The predicted octanol–water partition coefficient (Wildman–Crippen LogP) is 1.17. The first kappa shape index (κ1) is 22.6. The van der Waals surface area contributed by atoms with E-state index in [-0.39, 0.29) is 37.4 Å². The highest BCUT2D eigenvalue weighted by Gasteiger charge is 2.15. The van der Waals surface area contributed by atoms with Gasteiger partial charge >= 0.3 is 0 Å². The summed E-state index contributed by atoms with van der Waals surface area (Å²) in [4.78, 5) is 12.7. The maximum absolute atomic E-state index is 9.50. The standard InChI is InChI=1S/C19H30N6O4/c1-11(2)14-7-22-17(21-6-13(28)10-27)4-15(14)29-16-8-24-19(25-18(16)20)23-5-12(3)9-26/h4,7-8,11-13,26-28H,5-6,9-10H2,1-3H3,(H,21,22)(H3,20,23,24,25). The smallest absolute Gasteiger partial charge is 0.224 e. The van der Waals surface area contributed by atoms with Gasteiger partial charge in [0.15, 0.2) is 11.6 Å². The van der Waals surface area contributed by atoms with Gasteiger partial charge in [0.05, 0.1) is 18.9 Å². The molecule has 2 rings (SSSR count). The number of aliphatic hydroxyl groups excluding tert-OH is 3. The number of nitrogens with two attached hydrogens (primary N) is 1. The molecule has 0 fully saturated rings. The number of rotatable bonds is 11. The van der Waals surface area contributed by atoms with Crippen LogP contribution in [0.2, 0.25) is 0 Å². The molecule has 2 atom stereocenters. The number of nitrogen functional groups attached to an aromatic ring is 1. The van der Waals surface area contributed by atoms with Crippen molar-refractivity contribution < 1.29 is 20.1 Å². The molecule has 29 heavy (non-hydrogen) atoms. The summed E-state index contributed by atoms with van der Waals surface area (Å²) in [7, 11) is 0. The SMILES string of the molecule is CC(CO)CNc1ncc(Oc2cc(NCC(O)CO)ncc2C(C)C)c(N)n1. The fraction of sp³-hybridized carbons (Fsp3) is 0.526. The molecule has 0 bridgehead atoms. The van der Waals surface area contributed by atoms with Crippen molar-refractivity contribution in [2.75, 3.05) is 42.7 Å². The Bertz CT molecular complexity index is 789. The van der Waals surface area contributed by atoms with Gasteiger partial charge in [0.1, 0.15) is 11.6 Å². The quantitative estimate of drug-likeness (QED) is 0.320. The minimum Gasteiger partial charge on any atom is -0.451 e. The lowest BCUT2D eigenvalue weighted by Crippen LogP contribution is -2.23. The van der Waals surface area contributed by atoms with Crippen LogP contribution in [-0.2, 0) is 0 Å². The van der Waals surface area contributed by atoms with Gasteiger partial charge in [-0.25, -0.2) is 9.97 Å². The van der Waals surface area contributed by atoms with E-state index in [9.17, 15) is 5.11 Å². The van der Waals surface area contributed by atoms with E-state index in [0.717, 1.165) is 5.56 Å². The van der Waals surface area contributed by atoms with Crippen molar-refractivity contribution in [3.63, 3.8) is 0 Å². The molecule has 0 aliphatic carbocycles. The Morgan fingerprint density at radius 2 is 1.79 bits per heavy atom. The molecule has 2 unspecified atom stereocenters. The number of anilines is 3. The molecule has 160 valence electrons. The Morgan fingerprint density at radius 1 is 1.03 bits per heavy atom. The molecule has 10 nitrogen and oxygen atoms in total. The third kappa shape index (κ3) is 6.70. The number of aliphatic hydroxyl groups is 3. The monoisotopic (exact) mass is 406 g/mol. The zero-order valence-corrected chi connectivity index (χ0v) is 17.0. The molecule has 0 saturated carbocycles. The number of nitrogens with zero attached hydrogens (tertiary/aromatic N) is 3. The number of hydrogen-bond donors (Lipinski definition) is 6. The van der Waals surface area contributed by atoms with Crippen molar-refractivity contribution in [1.29, 1.82) is 0 Å².